The molecule has 0 aromatic heterocycles. The first-order valence-corrected chi connectivity index (χ1v) is 10.4. The molecule has 0 saturated carbocycles. The molecule has 0 spiro atoms. The zero-order valence-corrected chi connectivity index (χ0v) is 17.1. The SMILES string of the molecule is Cc1ccc(S(=O)(=O)/N=C(\Nc2ccc(Br)cc2F)c2ccc(F)cc2)cc1. The lowest BCUT2D eigenvalue weighted by Gasteiger charge is -2.12. The molecule has 144 valence electrons. The number of hydrogen-bond donors (Lipinski definition) is 1. The van der Waals surface area contributed by atoms with Crippen LogP contribution in [0.3, 0.4) is 0 Å². The minimum Gasteiger partial charge on any atom is -0.337 e. The monoisotopic (exact) mass is 464 g/mol. The average molecular weight is 465 g/mol. The summed E-state index contributed by atoms with van der Waals surface area (Å²) in [5.74, 6) is -1.21. The van der Waals surface area contributed by atoms with Crippen LogP contribution in [-0.4, -0.2) is 14.3 Å². The second-order valence-electron chi connectivity index (χ2n) is 5.98. The molecule has 0 amide bonds. The quantitative estimate of drug-likeness (QED) is 0.421. The summed E-state index contributed by atoms with van der Waals surface area (Å²) >= 11 is 3.17. The third-order valence-corrected chi connectivity index (χ3v) is 5.62. The highest BCUT2D eigenvalue weighted by Crippen LogP contribution is 2.22. The van der Waals surface area contributed by atoms with Gasteiger partial charge in [0.05, 0.1) is 10.6 Å². The number of amidine groups is 1. The Morgan fingerprint density at radius 1 is 0.964 bits per heavy atom. The average Bonchev–Trinajstić information content (AvgIpc) is 2.64. The molecule has 0 heterocycles. The summed E-state index contributed by atoms with van der Waals surface area (Å²) < 4.78 is 57.3. The predicted molar refractivity (Wildman–Crippen MR) is 109 cm³/mol. The minimum absolute atomic E-state index is 0.00390. The zero-order chi connectivity index (χ0) is 20.3. The molecule has 0 aliphatic carbocycles. The van der Waals surface area contributed by atoms with Crippen molar-refractivity contribution in [2.75, 3.05) is 5.32 Å². The molecular weight excluding hydrogens is 450 g/mol. The Bertz CT molecular complexity index is 1130. The van der Waals surface area contributed by atoms with E-state index in [4.69, 9.17) is 0 Å². The minimum atomic E-state index is -4.08. The zero-order valence-electron chi connectivity index (χ0n) is 14.7. The van der Waals surface area contributed by atoms with Gasteiger partial charge in [0.1, 0.15) is 11.6 Å². The van der Waals surface area contributed by atoms with E-state index in [9.17, 15) is 17.2 Å². The van der Waals surface area contributed by atoms with Crippen molar-refractivity contribution in [3.63, 3.8) is 0 Å². The molecule has 1 N–H and O–H groups in total. The Kier molecular flexibility index (Phi) is 5.90. The second-order valence-corrected chi connectivity index (χ2v) is 8.50. The molecule has 0 aliphatic rings. The van der Waals surface area contributed by atoms with Crippen molar-refractivity contribution in [1.82, 2.24) is 0 Å². The van der Waals surface area contributed by atoms with Crippen LogP contribution in [0.2, 0.25) is 0 Å². The van der Waals surface area contributed by atoms with E-state index < -0.39 is 21.7 Å². The molecule has 8 heteroatoms. The Morgan fingerprint density at radius 3 is 2.21 bits per heavy atom. The van der Waals surface area contributed by atoms with Crippen LogP contribution in [-0.2, 0) is 10.0 Å². The molecule has 0 saturated heterocycles. The number of anilines is 1. The van der Waals surface area contributed by atoms with Crippen LogP contribution in [0.15, 0.2) is 80.5 Å². The number of halogens is 3. The highest BCUT2D eigenvalue weighted by atomic mass is 79.9. The van der Waals surface area contributed by atoms with Crippen LogP contribution in [0.25, 0.3) is 0 Å². The van der Waals surface area contributed by atoms with Crippen LogP contribution >= 0.6 is 15.9 Å². The van der Waals surface area contributed by atoms with Gasteiger partial charge in [-0.05, 0) is 61.5 Å². The van der Waals surface area contributed by atoms with Gasteiger partial charge in [-0.25, -0.2) is 8.78 Å². The van der Waals surface area contributed by atoms with Crippen molar-refractivity contribution in [3.05, 3.63) is 94.0 Å². The van der Waals surface area contributed by atoms with E-state index >= 15 is 0 Å². The molecule has 0 unspecified atom stereocenters. The number of benzene rings is 3. The van der Waals surface area contributed by atoms with Gasteiger partial charge in [0.25, 0.3) is 10.0 Å². The first kappa shape index (κ1) is 20.2. The lowest BCUT2D eigenvalue weighted by molar-refractivity contribution is 0.598. The summed E-state index contributed by atoms with van der Waals surface area (Å²) in [6.45, 7) is 1.83. The van der Waals surface area contributed by atoms with Crippen molar-refractivity contribution in [3.8, 4) is 0 Å². The fourth-order valence-corrected chi connectivity index (χ4v) is 3.67. The molecular formula is C20H15BrF2N2O2S. The Labute approximate surface area is 170 Å². The number of aryl methyl sites for hydroxylation is 1. The number of rotatable bonds is 4. The number of nitrogens with one attached hydrogen (secondary N) is 1. The van der Waals surface area contributed by atoms with Gasteiger partial charge in [0, 0.05) is 10.0 Å². The Balaban J connectivity index is 2.08. The molecule has 0 aliphatic heterocycles. The third kappa shape index (κ3) is 4.82. The lowest BCUT2D eigenvalue weighted by Crippen LogP contribution is -2.17. The summed E-state index contributed by atoms with van der Waals surface area (Å²) in [6.07, 6.45) is 0. The van der Waals surface area contributed by atoms with Gasteiger partial charge in [-0.15, -0.1) is 4.40 Å². The van der Waals surface area contributed by atoms with Gasteiger partial charge in [0.15, 0.2) is 5.84 Å². The maximum atomic E-state index is 14.2. The summed E-state index contributed by atoms with van der Waals surface area (Å²) in [5, 5.41) is 2.70. The fraction of sp³-hybridized carbons (Fsp3) is 0.0500. The fourth-order valence-electron chi connectivity index (χ4n) is 2.36. The molecule has 28 heavy (non-hydrogen) atoms. The van der Waals surface area contributed by atoms with Gasteiger partial charge >= 0.3 is 0 Å². The first-order chi connectivity index (χ1) is 13.2. The summed E-state index contributed by atoms with van der Waals surface area (Å²) in [7, 11) is -4.08. The molecule has 3 aromatic rings. The molecule has 0 atom stereocenters. The van der Waals surface area contributed by atoms with Crippen molar-refractivity contribution in [2.24, 2.45) is 4.40 Å². The Hall–Kier alpha value is -2.58. The summed E-state index contributed by atoms with van der Waals surface area (Å²) in [4.78, 5) is -0.00390. The van der Waals surface area contributed by atoms with E-state index in [1.54, 1.807) is 18.2 Å². The maximum Gasteiger partial charge on any atom is 0.284 e. The molecule has 3 rings (SSSR count). The van der Waals surface area contributed by atoms with Crippen LogP contribution in [0.4, 0.5) is 14.5 Å². The number of sulfonamides is 1. The van der Waals surface area contributed by atoms with Gasteiger partial charge in [0.2, 0.25) is 0 Å². The maximum absolute atomic E-state index is 14.2. The molecule has 0 bridgehead atoms. The number of hydrogen-bond acceptors (Lipinski definition) is 2. The van der Waals surface area contributed by atoms with E-state index in [-0.39, 0.29) is 16.4 Å². The van der Waals surface area contributed by atoms with E-state index in [1.165, 1.54) is 48.5 Å². The third-order valence-electron chi connectivity index (χ3n) is 3.83. The predicted octanol–water partition coefficient (Wildman–Crippen LogP) is 5.28. The van der Waals surface area contributed by atoms with Gasteiger partial charge < -0.3 is 5.32 Å². The lowest BCUT2D eigenvalue weighted by atomic mass is 10.2. The van der Waals surface area contributed by atoms with Crippen molar-refractivity contribution >= 4 is 37.5 Å². The smallest absolute Gasteiger partial charge is 0.284 e. The van der Waals surface area contributed by atoms with Crippen molar-refractivity contribution in [2.45, 2.75) is 11.8 Å². The normalized spacial score (nSPS) is 12.1. The second kappa shape index (κ2) is 8.20. The van der Waals surface area contributed by atoms with Crippen molar-refractivity contribution < 1.29 is 17.2 Å². The highest BCUT2D eigenvalue weighted by Gasteiger charge is 2.17. The number of nitrogens with zero attached hydrogens (tertiary/aromatic N) is 1. The molecule has 4 nitrogen and oxygen atoms in total. The van der Waals surface area contributed by atoms with E-state index in [2.05, 4.69) is 25.6 Å². The molecule has 3 aromatic carbocycles. The van der Waals surface area contributed by atoms with Gasteiger partial charge in [-0.3, -0.25) is 0 Å². The van der Waals surface area contributed by atoms with Crippen LogP contribution < -0.4 is 5.32 Å². The summed E-state index contributed by atoms with van der Waals surface area (Å²) in [5.41, 5.74) is 1.22. The van der Waals surface area contributed by atoms with E-state index in [0.29, 0.717) is 10.0 Å². The topological polar surface area (TPSA) is 58.5 Å². The summed E-state index contributed by atoms with van der Waals surface area (Å²) in [6, 6.07) is 15.5. The van der Waals surface area contributed by atoms with Crippen LogP contribution in [0.1, 0.15) is 11.1 Å². The van der Waals surface area contributed by atoms with Crippen LogP contribution in [0.5, 0.6) is 0 Å². The van der Waals surface area contributed by atoms with E-state index in [1.807, 2.05) is 6.92 Å². The van der Waals surface area contributed by atoms with Crippen LogP contribution in [0, 0.1) is 18.6 Å². The highest BCUT2D eigenvalue weighted by molar-refractivity contribution is 9.10. The van der Waals surface area contributed by atoms with E-state index in [0.717, 1.165) is 5.56 Å². The van der Waals surface area contributed by atoms with Crippen molar-refractivity contribution in [1.29, 1.82) is 0 Å². The molecule has 0 radical (unpaired) electrons. The van der Waals surface area contributed by atoms with Gasteiger partial charge in [-0.1, -0.05) is 33.6 Å². The Morgan fingerprint density at radius 2 is 1.61 bits per heavy atom. The largest absolute Gasteiger partial charge is 0.337 e. The van der Waals surface area contributed by atoms with Gasteiger partial charge in [-0.2, -0.15) is 8.42 Å². The molecule has 0 fully saturated rings. The first-order valence-electron chi connectivity index (χ1n) is 8.14. The standard InChI is InChI=1S/C20H15BrF2N2O2S/c1-13-2-9-17(10-3-13)28(26,27)25-20(14-4-7-16(22)8-5-14)24-19-11-6-15(21)12-18(19)23/h2-12H,1H3,(H,24,25).